The van der Waals surface area contributed by atoms with Gasteiger partial charge in [-0.1, -0.05) is 13.3 Å². The molecule has 0 aliphatic carbocycles. The average molecular weight is 283 g/mol. The van der Waals surface area contributed by atoms with Crippen LogP contribution in [-0.4, -0.2) is 28.2 Å². The van der Waals surface area contributed by atoms with Gasteiger partial charge in [-0.15, -0.1) is 12.4 Å². The molecule has 0 radical (unpaired) electrons. The third-order valence-corrected chi connectivity index (χ3v) is 2.16. The SMILES string of the molecule is CCCC(N)C(=O)Nc1cnn(CC(F)F)c1.Cl. The number of nitrogens with one attached hydrogen (secondary N) is 1. The average Bonchev–Trinajstić information content (AvgIpc) is 2.64. The topological polar surface area (TPSA) is 72.9 Å². The molecule has 1 aromatic rings. The van der Waals surface area contributed by atoms with Crippen molar-refractivity contribution in [2.45, 2.75) is 38.8 Å². The molecule has 3 N–H and O–H groups in total. The molecule has 1 atom stereocenters. The van der Waals surface area contributed by atoms with Gasteiger partial charge in [-0.2, -0.15) is 5.10 Å². The van der Waals surface area contributed by atoms with Crippen molar-refractivity contribution in [3.63, 3.8) is 0 Å². The predicted octanol–water partition coefficient (Wildman–Crippen LogP) is 1.64. The van der Waals surface area contributed by atoms with Crippen LogP contribution in [0, 0.1) is 0 Å². The highest BCUT2D eigenvalue weighted by molar-refractivity contribution is 5.94. The molecule has 8 heteroatoms. The minimum absolute atomic E-state index is 0. The zero-order chi connectivity index (χ0) is 12.8. The lowest BCUT2D eigenvalue weighted by atomic mass is 10.2. The summed E-state index contributed by atoms with van der Waals surface area (Å²) < 4.78 is 25.2. The van der Waals surface area contributed by atoms with E-state index in [9.17, 15) is 13.6 Å². The van der Waals surface area contributed by atoms with Crippen molar-refractivity contribution < 1.29 is 13.6 Å². The molecule has 1 aromatic heterocycles. The summed E-state index contributed by atoms with van der Waals surface area (Å²) in [6.07, 6.45) is 1.58. The zero-order valence-corrected chi connectivity index (χ0v) is 10.8. The van der Waals surface area contributed by atoms with E-state index in [2.05, 4.69) is 10.4 Å². The monoisotopic (exact) mass is 282 g/mol. The molecule has 0 bridgehead atoms. The Morgan fingerprint density at radius 1 is 1.61 bits per heavy atom. The quantitative estimate of drug-likeness (QED) is 0.833. The van der Waals surface area contributed by atoms with Crippen molar-refractivity contribution in [1.82, 2.24) is 9.78 Å². The van der Waals surface area contributed by atoms with Gasteiger partial charge in [0.1, 0.15) is 6.54 Å². The zero-order valence-electron chi connectivity index (χ0n) is 9.97. The molecule has 0 aliphatic rings. The van der Waals surface area contributed by atoms with E-state index in [0.29, 0.717) is 12.1 Å². The van der Waals surface area contributed by atoms with Crippen molar-refractivity contribution >= 4 is 24.0 Å². The van der Waals surface area contributed by atoms with Crippen molar-refractivity contribution in [1.29, 1.82) is 0 Å². The summed E-state index contributed by atoms with van der Waals surface area (Å²) in [5.41, 5.74) is 5.98. The summed E-state index contributed by atoms with van der Waals surface area (Å²) in [6, 6.07) is -0.585. The summed E-state index contributed by atoms with van der Waals surface area (Å²) in [7, 11) is 0. The van der Waals surface area contributed by atoms with E-state index in [0.717, 1.165) is 11.1 Å². The van der Waals surface area contributed by atoms with Crippen LogP contribution in [0.3, 0.4) is 0 Å². The van der Waals surface area contributed by atoms with Gasteiger partial charge in [-0.05, 0) is 6.42 Å². The number of hydrogen-bond donors (Lipinski definition) is 2. The second kappa shape index (κ2) is 7.99. The molecule has 0 saturated heterocycles. The number of alkyl halides is 2. The first-order valence-corrected chi connectivity index (χ1v) is 5.40. The summed E-state index contributed by atoms with van der Waals surface area (Å²) in [6.45, 7) is 1.44. The maximum absolute atomic E-state index is 12.1. The van der Waals surface area contributed by atoms with Crippen LogP contribution < -0.4 is 11.1 Å². The highest BCUT2D eigenvalue weighted by Gasteiger charge is 2.13. The third-order valence-electron chi connectivity index (χ3n) is 2.16. The van der Waals surface area contributed by atoms with Gasteiger partial charge in [0.25, 0.3) is 6.43 Å². The van der Waals surface area contributed by atoms with E-state index in [1.807, 2.05) is 6.92 Å². The van der Waals surface area contributed by atoms with E-state index < -0.39 is 19.0 Å². The standard InChI is InChI=1S/C10H16F2N4O.ClH/c1-2-3-8(13)10(17)15-7-4-14-16(5-7)6-9(11)12;/h4-5,8-9H,2-3,6,13H2,1H3,(H,15,17);1H. The van der Waals surface area contributed by atoms with Crippen LogP contribution in [-0.2, 0) is 11.3 Å². The Bertz CT molecular complexity index is 373. The number of nitrogens with two attached hydrogens (primary N) is 1. The van der Waals surface area contributed by atoms with E-state index in [1.54, 1.807) is 0 Å². The second-order valence-electron chi connectivity index (χ2n) is 3.73. The van der Waals surface area contributed by atoms with E-state index in [4.69, 9.17) is 5.73 Å². The van der Waals surface area contributed by atoms with Crippen LogP contribution in [0.15, 0.2) is 12.4 Å². The van der Waals surface area contributed by atoms with Crippen LogP contribution in [0.25, 0.3) is 0 Å². The summed E-state index contributed by atoms with van der Waals surface area (Å²) in [5, 5.41) is 6.22. The van der Waals surface area contributed by atoms with Gasteiger partial charge >= 0.3 is 0 Å². The third kappa shape index (κ3) is 5.42. The second-order valence-corrected chi connectivity index (χ2v) is 3.73. The van der Waals surface area contributed by atoms with Crippen LogP contribution in [0.1, 0.15) is 19.8 Å². The fourth-order valence-corrected chi connectivity index (χ4v) is 1.35. The highest BCUT2D eigenvalue weighted by atomic mass is 35.5. The Morgan fingerprint density at radius 3 is 2.83 bits per heavy atom. The lowest BCUT2D eigenvalue weighted by Crippen LogP contribution is -2.35. The molecule has 1 rings (SSSR count). The molecule has 1 unspecified atom stereocenters. The number of rotatable bonds is 6. The molecular formula is C10H17ClF2N4O. The lowest BCUT2D eigenvalue weighted by molar-refractivity contribution is -0.117. The molecule has 0 aliphatic heterocycles. The van der Waals surface area contributed by atoms with Crippen LogP contribution in [0.5, 0.6) is 0 Å². The van der Waals surface area contributed by atoms with E-state index >= 15 is 0 Å². The first-order chi connectivity index (χ1) is 8.02. The number of carbonyl (C=O) groups is 1. The fourth-order valence-electron chi connectivity index (χ4n) is 1.35. The van der Waals surface area contributed by atoms with Gasteiger partial charge in [-0.3, -0.25) is 9.48 Å². The van der Waals surface area contributed by atoms with Gasteiger partial charge < -0.3 is 11.1 Å². The van der Waals surface area contributed by atoms with Gasteiger partial charge in [-0.25, -0.2) is 8.78 Å². The minimum Gasteiger partial charge on any atom is -0.322 e. The number of aromatic nitrogens is 2. The first-order valence-electron chi connectivity index (χ1n) is 5.40. The predicted molar refractivity (Wildman–Crippen MR) is 67.0 cm³/mol. The molecule has 104 valence electrons. The number of nitrogens with zero attached hydrogens (tertiary/aromatic N) is 2. The van der Waals surface area contributed by atoms with Crippen molar-refractivity contribution in [2.75, 3.05) is 5.32 Å². The number of hydrogen-bond acceptors (Lipinski definition) is 3. The summed E-state index contributed by atoms with van der Waals surface area (Å²) >= 11 is 0. The lowest BCUT2D eigenvalue weighted by Gasteiger charge is -2.09. The molecule has 1 heterocycles. The molecular weight excluding hydrogens is 266 g/mol. The summed E-state index contributed by atoms with van der Waals surface area (Å²) in [4.78, 5) is 11.5. The van der Waals surface area contributed by atoms with Gasteiger partial charge in [0.2, 0.25) is 5.91 Å². The molecule has 0 fully saturated rings. The Kier molecular flexibility index (Phi) is 7.45. The largest absolute Gasteiger partial charge is 0.322 e. The number of anilines is 1. The number of halogens is 3. The molecule has 1 amide bonds. The molecule has 0 aromatic carbocycles. The van der Waals surface area contributed by atoms with Gasteiger partial charge in [0.05, 0.1) is 17.9 Å². The molecule has 18 heavy (non-hydrogen) atoms. The van der Waals surface area contributed by atoms with E-state index in [1.165, 1.54) is 12.4 Å². The van der Waals surface area contributed by atoms with Crippen LogP contribution in [0.4, 0.5) is 14.5 Å². The van der Waals surface area contributed by atoms with Crippen LogP contribution in [0.2, 0.25) is 0 Å². The molecule has 5 nitrogen and oxygen atoms in total. The smallest absolute Gasteiger partial charge is 0.257 e. The Morgan fingerprint density at radius 2 is 2.28 bits per heavy atom. The van der Waals surface area contributed by atoms with E-state index in [-0.39, 0.29) is 18.3 Å². The minimum atomic E-state index is -2.47. The fraction of sp³-hybridized carbons (Fsp3) is 0.600. The maximum Gasteiger partial charge on any atom is 0.257 e. The summed E-state index contributed by atoms with van der Waals surface area (Å²) in [5.74, 6) is -0.330. The molecule has 0 spiro atoms. The highest BCUT2D eigenvalue weighted by Crippen LogP contribution is 2.08. The Hall–Kier alpha value is -1.21. The molecule has 0 saturated carbocycles. The van der Waals surface area contributed by atoms with Gasteiger partial charge in [0, 0.05) is 6.20 Å². The first kappa shape index (κ1) is 16.8. The number of amides is 1. The van der Waals surface area contributed by atoms with Gasteiger partial charge in [0.15, 0.2) is 0 Å². The van der Waals surface area contributed by atoms with Crippen LogP contribution >= 0.6 is 12.4 Å². The van der Waals surface area contributed by atoms with Crippen molar-refractivity contribution in [2.24, 2.45) is 5.73 Å². The maximum atomic E-state index is 12.1. The Balaban J connectivity index is 0.00000289. The number of carbonyl (C=O) groups excluding carboxylic acids is 1. The Labute approximate surface area is 110 Å². The normalized spacial score (nSPS) is 12.1. The van der Waals surface area contributed by atoms with Crippen molar-refractivity contribution in [3.05, 3.63) is 12.4 Å². The van der Waals surface area contributed by atoms with Crippen molar-refractivity contribution in [3.8, 4) is 0 Å².